The maximum atomic E-state index is 12.3. The molecule has 0 bridgehead atoms. The Morgan fingerprint density at radius 2 is 1.83 bits per heavy atom. The van der Waals surface area contributed by atoms with E-state index in [9.17, 15) is 4.21 Å². The lowest BCUT2D eigenvalue weighted by Crippen LogP contribution is -2.13. The lowest BCUT2D eigenvalue weighted by molar-refractivity contribution is 0.372. The van der Waals surface area contributed by atoms with Crippen LogP contribution in [-0.4, -0.2) is 19.3 Å². The minimum atomic E-state index is -1.20. The van der Waals surface area contributed by atoms with Crippen molar-refractivity contribution in [2.24, 2.45) is 0 Å². The van der Waals surface area contributed by atoms with Crippen molar-refractivity contribution in [2.75, 3.05) is 0 Å². The standard InChI is InChI=1S/C17H19N3O3S/c1-17(2,3)16-19-14(23-20-16)11-24(21)10-13-9-22-15(18-13)12-7-5-4-6-8-12/h4-9H,10-11H2,1-3H3/t24-/m0/s1. The Hall–Kier alpha value is -2.28. The highest BCUT2D eigenvalue weighted by Crippen LogP contribution is 2.20. The summed E-state index contributed by atoms with van der Waals surface area (Å²) >= 11 is 0. The van der Waals surface area contributed by atoms with E-state index in [1.165, 1.54) is 6.26 Å². The second kappa shape index (κ2) is 6.68. The molecule has 0 amide bonds. The maximum absolute atomic E-state index is 12.3. The molecule has 0 N–H and O–H groups in total. The fourth-order valence-electron chi connectivity index (χ4n) is 2.06. The van der Waals surface area contributed by atoms with E-state index in [0.717, 1.165) is 5.56 Å². The Kier molecular flexibility index (Phi) is 4.62. The van der Waals surface area contributed by atoms with Crippen molar-refractivity contribution in [2.45, 2.75) is 37.7 Å². The number of hydrogen-bond donors (Lipinski definition) is 0. The second-order valence-electron chi connectivity index (χ2n) is 6.50. The van der Waals surface area contributed by atoms with Crippen LogP contribution in [0.25, 0.3) is 11.5 Å². The molecule has 0 aliphatic carbocycles. The van der Waals surface area contributed by atoms with Crippen molar-refractivity contribution in [1.29, 1.82) is 0 Å². The van der Waals surface area contributed by atoms with E-state index in [2.05, 4.69) is 15.1 Å². The maximum Gasteiger partial charge on any atom is 0.239 e. The molecule has 2 aromatic heterocycles. The SMILES string of the molecule is CC(C)(C)c1noc(C[S@@](=O)Cc2coc(-c3ccccc3)n2)n1. The van der Waals surface area contributed by atoms with E-state index >= 15 is 0 Å². The summed E-state index contributed by atoms with van der Waals surface area (Å²) in [6, 6.07) is 9.59. The molecule has 3 aromatic rings. The average molecular weight is 345 g/mol. The summed E-state index contributed by atoms with van der Waals surface area (Å²) in [5.74, 6) is 2.00. The van der Waals surface area contributed by atoms with Crippen molar-refractivity contribution >= 4 is 10.8 Å². The van der Waals surface area contributed by atoms with E-state index in [0.29, 0.717) is 23.3 Å². The molecule has 24 heavy (non-hydrogen) atoms. The molecule has 7 heteroatoms. The molecule has 126 valence electrons. The minimum absolute atomic E-state index is 0.195. The molecule has 0 spiro atoms. The first-order valence-corrected chi connectivity index (χ1v) is 9.08. The smallest absolute Gasteiger partial charge is 0.239 e. The van der Waals surface area contributed by atoms with E-state index in [-0.39, 0.29) is 16.9 Å². The van der Waals surface area contributed by atoms with Crippen LogP contribution < -0.4 is 0 Å². The zero-order valence-electron chi connectivity index (χ0n) is 13.9. The van der Waals surface area contributed by atoms with E-state index in [1.807, 2.05) is 51.1 Å². The summed E-state index contributed by atoms with van der Waals surface area (Å²) in [6.45, 7) is 6.00. The quantitative estimate of drug-likeness (QED) is 0.704. The number of aromatic nitrogens is 3. The Bertz CT molecular complexity index is 834. The number of benzene rings is 1. The number of rotatable bonds is 5. The largest absolute Gasteiger partial charge is 0.444 e. The Balaban J connectivity index is 1.63. The Labute approximate surface area is 142 Å². The summed E-state index contributed by atoms with van der Waals surface area (Å²) in [7, 11) is -1.20. The fraction of sp³-hybridized carbons (Fsp3) is 0.353. The normalized spacial score (nSPS) is 13.1. The van der Waals surface area contributed by atoms with Crippen LogP contribution in [-0.2, 0) is 27.7 Å². The van der Waals surface area contributed by atoms with Gasteiger partial charge in [-0.3, -0.25) is 4.21 Å². The molecule has 0 saturated heterocycles. The summed E-state index contributed by atoms with van der Waals surface area (Å²) in [4.78, 5) is 8.68. The van der Waals surface area contributed by atoms with Crippen molar-refractivity contribution in [3.05, 3.63) is 54.0 Å². The van der Waals surface area contributed by atoms with E-state index < -0.39 is 10.8 Å². The zero-order chi connectivity index (χ0) is 17.2. The molecule has 0 fully saturated rings. The van der Waals surface area contributed by atoms with E-state index in [1.54, 1.807) is 0 Å². The number of hydrogen-bond acceptors (Lipinski definition) is 6. The lowest BCUT2D eigenvalue weighted by Gasteiger charge is -2.10. The first-order valence-electron chi connectivity index (χ1n) is 7.60. The van der Waals surface area contributed by atoms with Gasteiger partial charge in [0.05, 0.1) is 11.4 Å². The van der Waals surface area contributed by atoms with Crippen LogP contribution in [0.4, 0.5) is 0 Å². The summed E-state index contributed by atoms with van der Waals surface area (Å²) < 4.78 is 22.9. The predicted octanol–water partition coefficient (Wildman–Crippen LogP) is 3.47. The molecular formula is C17H19N3O3S. The molecule has 6 nitrogen and oxygen atoms in total. The predicted molar refractivity (Wildman–Crippen MR) is 90.5 cm³/mol. The van der Waals surface area contributed by atoms with Crippen LogP contribution in [0, 0.1) is 0 Å². The van der Waals surface area contributed by atoms with Gasteiger partial charge in [0.1, 0.15) is 12.0 Å². The molecule has 1 atom stereocenters. The topological polar surface area (TPSA) is 82.0 Å². The molecule has 0 radical (unpaired) electrons. The van der Waals surface area contributed by atoms with Crippen LogP contribution in [0.2, 0.25) is 0 Å². The van der Waals surface area contributed by atoms with Crippen molar-refractivity contribution < 1.29 is 13.1 Å². The number of oxazole rings is 1. The van der Waals surface area contributed by atoms with Crippen molar-refractivity contribution in [3.63, 3.8) is 0 Å². The van der Waals surface area contributed by atoms with Gasteiger partial charge in [0.2, 0.25) is 11.8 Å². The summed E-state index contributed by atoms with van der Waals surface area (Å²) in [5, 5.41) is 3.94. The van der Waals surface area contributed by atoms with Crippen LogP contribution in [0.5, 0.6) is 0 Å². The van der Waals surface area contributed by atoms with Gasteiger partial charge in [-0.25, -0.2) is 4.98 Å². The highest BCUT2D eigenvalue weighted by molar-refractivity contribution is 7.83. The molecular weight excluding hydrogens is 326 g/mol. The fourth-order valence-corrected chi connectivity index (χ4v) is 3.02. The van der Waals surface area contributed by atoms with Crippen LogP contribution in [0.3, 0.4) is 0 Å². The number of nitrogens with zero attached hydrogens (tertiary/aromatic N) is 3. The highest BCUT2D eigenvalue weighted by atomic mass is 32.2. The molecule has 1 aromatic carbocycles. The second-order valence-corrected chi connectivity index (χ2v) is 7.96. The van der Waals surface area contributed by atoms with E-state index in [4.69, 9.17) is 8.94 Å². The first-order chi connectivity index (χ1) is 11.4. The highest BCUT2D eigenvalue weighted by Gasteiger charge is 2.22. The Morgan fingerprint density at radius 3 is 2.50 bits per heavy atom. The van der Waals surface area contributed by atoms with Gasteiger partial charge >= 0.3 is 0 Å². The molecule has 0 aliphatic rings. The van der Waals surface area contributed by atoms with Gasteiger partial charge < -0.3 is 8.94 Å². The zero-order valence-corrected chi connectivity index (χ0v) is 14.7. The van der Waals surface area contributed by atoms with Crippen LogP contribution in [0.15, 0.2) is 45.5 Å². The first kappa shape index (κ1) is 16.6. The van der Waals surface area contributed by atoms with Gasteiger partial charge in [-0.15, -0.1) is 0 Å². The van der Waals surface area contributed by atoms with Crippen molar-refractivity contribution in [1.82, 2.24) is 15.1 Å². The third-order valence-corrected chi connectivity index (χ3v) is 4.49. The third-order valence-electron chi connectivity index (χ3n) is 3.30. The third kappa shape index (κ3) is 3.97. The monoisotopic (exact) mass is 345 g/mol. The molecule has 0 saturated carbocycles. The van der Waals surface area contributed by atoms with Gasteiger partial charge in [0, 0.05) is 21.8 Å². The minimum Gasteiger partial charge on any atom is -0.444 e. The van der Waals surface area contributed by atoms with Gasteiger partial charge in [-0.05, 0) is 12.1 Å². The molecule has 0 unspecified atom stereocenters. The van der Waals surface area contributed by atoms with Crippen LogP contribution in [0.1, 0.15) is 38.2 Å². The molecule has 2 heterocycles. The summed E-state index contributed by atoms with van der Waals surface area (Å²) in [6.07, 6.45) is 1.54. The molecule has 0 aliphatic heterocycles. The van der Waals surface area contributed by atoms with Gasteiger partial charge in [0.15, 0.2) is 5.82 Å². The van der Waals surface area contributed by atoms with Crippen LogP contribution >= 0.6 is 0 Å². The lowest BCUT2D eigenvalue weighted by atomic mass is 9.96. The Morgan fingerprint density at radius 1 is 1.08 bits per heavy atom. The van der Waals surface area contributed by atoms with Gasteiger partial charge in [-0.2, -0.15) is 4.98 Å². The van der Waals surface area contributed by atoms with Gasteiger partial charge in [-0.1, -0.05) is 44.1 Å². The average Bonchev–Trinajstić information content (AvgIpc) is 3.17. The van der Waals surface area contributed by atoms with Gasteiger partial charge in [0.25, 0.3) is 0 Å². The summed E-state index contributed by atoms with van der Waals surface area (Å²) in [5.41, 5.74) is 1.34. The van der Waals surface area contributed by atoms with Crippen molar-refractivity contribution in [3.8, 4) is 11.5 Å². The molecule has 3 rings (SSSR count).